The number of hydrogen-bond donors (Lipinski definition) is 1. The van der Waals surface area contributed by atoms with E-state index < -0.39 is 39.6 Å². The lowest BCUT2D eigenvalue weighted by Crippen LogP contribution is -2.64. The van der Waals surface area contributed by atoms with Gasteiger partial charge in [-0.3, -0.25) is 9.59 Å². The van der Waals surface area contributed by atoms with Gasteiger partial charge in [-0.25, -0.2) is 12.8 Å². The van der Waals surface area contributed by atoms with Crippen LogP contribution in [0.15, 0.2) is 77.7 Å². The van der Waals surface area contributed by atoms with Crippen LogP contribution in [0.2, 0.25) is 5.02 Å². The van der Waals surface area contributed by atoms with Crippen molar-refractivity contribution < 1.29 is 31.9 Å². The summed E-state index contributed by atoms with van der Waals surface area (Å²) in [7, 11) is -0.811. The van der Waals surface area contributed by atoms with Crippen molar-refractivity contribution in [3.8, 4) is 5.75 Å². The highest BCUT2D eigenvalue weighted by Crippen LogP contribution is 2.40. The van der Waals surface area contributed by atoms with Gasteiger partial charge in [-0.2, -0.15) is 4.31 Å². The van der Waals surface area contributed by atoms with Crippen molar-refractivity contribution in [1.82, 2.24) is 9.21 Å². The van der Waals surface area contributed by atoms with Crippen LogP contribution in [-0.4, -0.2) is 68.8 Å². The summed E-state index contributed by atoms with van der Waals surface area (Å²) in [6.45, 7) is 3.53. The molecule has 9 nitrogen and oxygen atoms in total. The Morgan fingerprint density at radius 2 is 1.70 bits per heavy atom. The number of halogens is 3. The van der Waals surface area contributed by atoms with Crippen molar-refractivity contribution in [3.05, 3.63) is 94.8 Å². The third-order valence-corrected chi connectivity index (χ3v) is 9.27. The maximum Gasteiger partial charge on any atom is 0.324 e. The number of hydrogen-bond acceptors (Lipinski definition) is 7. The molecule has 1 aliphatic heterocycles. The molecule has 1 aliphatic rings. The van der Waals surface area contributed by atoms with Gasteiger partial charge in [-0.05, 0) is 47.7 Å². The minimum atomic E-state index is -3.96. The normalized spacial score (nSPS) is 15.8. The summed E-state index contributed by atoms with van der Waals surface area (Å²) in [5.74, 6) is -1.65. The monoisotopic (exact) mass is 667 g/mol. The van der Waals surface area contributed by atoms with E-state index in [-0.39, 0.29) is 53.7 Å². The third-order valence-electron chi connectivity index (χ3n) is 7.20. The van der Waals surface area contributed by atoms with Crippen LogP contribution in [0.1, 0.15) is 25.0 Å². The summed E-state index contributed by atoms with van der Waals surface area (Å²) >= 11 is 5.95. The van der Waals surface area contributed by atoms with Crippen LogP contribution in [0.25, 0.3) is 0 Å². The van der Waals surface area contributed by atoms with Gasteiger partial charge < -0.3 is 20.1 Å². The molecule has 3 aromatic carbocycles. The van der Waals surface area contributed by atoms with E-state index in [1.165, 1.54) is 39.5 Å². The highest BCUT2D eigenvalue weighted by Gasteiger charge is 2.52. The highest BCUT2D eigenvalue weighted by atomic mass is 35.5. The molecule has 1 saturated heterocycles. The lowest BCUT2D eigenvalue weighted by Gasteiger charge is -2.48. The third kappa shape index (κ3) is 7.70. The molecule has 1 fully saturated rings. The summed E-state index contributed by atoms with van der Waals surface area (Å²) in [6.07, 6.45) is -0.976. The fraction of sp³-hybridized carbons (Fsp3) is 0.355. The Morgan fingerprint density at radius 1 is 1.05 bits per heavy atom. The van der Waals surface area contributed by atoms with Crippen LogP contribution >= 0.6 is 24.0 Å². The van der Waals surface area contributed by atoms with Gasteiger partial charge >= 0.3 is 5.97 Å². The minimum absolute atomic E-state index is 0. The molecule has 1 amide bonds. The smallest absolute Gasteiger partial charge is 0.324 e. The Morgan fingerprint density at radius 3 is 2.30 bits per heavy atom. The molecule has 13 heteroatoms. The number of carbonyl (C=O) groups is 2. The number of nitrogens with zero attached hydrogens (tertiary/aromatic N) is 2. The largest absolute Gasteiger partial charge is 0.480 e. The fourth-order valence-corrected chi connectivity index (χ4v) is 6.54. The molecule has 0 bridgehead atoms. The zero-order valence-corrected chi connectivity index (χ0v) is 27.2. The molecule has 238 valence electrons. The van der Waals surface area contributed by atoms with E-state index in [1.54, 1.807) is 40.1 Å². The number of likely N-dealkylation sites (N-methyl/N-ethyl adjacent to an activating group) is 1. The van der Waals surface area contributed by atoms with E-state index >= 15 is 0 Å². The molecule has 1 heterocycles. The molecule has 0 spiro atoms. The lowest BCUT2D eigenvalue weighted by molar-refractivity contribution is -0.163. The number of esters is 1. The number of benzene rings is 3. The summed E-state index contributed by atoms with van der Waals surface area (Å²) in [4.78, 5) is 26.5. The molecule has 44 heavy (non-hydrogen) atoms. The molecule has 2 N–H and O–H groups in total. The van der Waals surface area contributed by atoms with Crippen LogP contribution < -0.4 is 10.5 Å². The molecule has 0 radical (unpaired) electrons. The van der Waals surface area contributed by atoms with Gasteiger partial charge in [-0.15, -0.1) is 12.4 Å². The summed E-state index contributed by atoms with van der Waals surface area (Å²) in [5.41, 5.74) is 6.37. The van der Waals surface area contributed by atoms with Crippen molar-refractivity contribution in [1.29, 1.82) is 0 Å². The average Bonchev–Trinajstić information content (AvgIpc) is 2.95. The Balaban J connectivity index is 0.00000529. The summed E-state index contributed by atoms with van der Waals surface area (Å²) in [6, 6.07) is 18.2. The van der Waals surface area contributed by atoms with E-state index in [9.17, 15) is 22.4 Å². The van der Waals surface area contributed by atoms with Gasteiger partial charge in [0.2, 0.25) is 10.0 Å². The average molecular weight is 669 g/mol. The van der Waals surface area contributed by atoms with Crippen molar-refractivity contribution in [2.45, 2.75) is 42.9 Å². The van der Waals surface area contributed by atoms with E-state index in [4.69, 9.17) is 26.8 Å². The Bertz CT molecular complexity index is 1580. The molecule has 3 aromatic rings. The van der Waals surface area contributed by atoms with Crippen molar-refractivity contribution in [2.75, 3.05) is 27.2 Å². The number of rotatable bonds is 11. The van der Waals surface area contributed by atoms with Crippen LogP contribution in [0, 0.1) is 11.7 Å². The Hall–Kier alpha value is -3.22. The second-order valence-electron chi connectivity index (χ2n) is 11.1. The predicted molar refractivity (Wildman–Crippen MR) is 168 cm³/mol. The first kappa shape index (κ1) is 35.3. The van der Waals surface area contributed by atoms with E-state index in [0.29, 0.717) is 11.3 Å². The Kier molecular flexibility index (Phi) is 11.4. The van der Waals surface area contributed by atoms with Gasteiger partial charge in [0.05, 0.1) is 23.0 Å². The summed E-state index contributed by atoms with van der Waals surface area (Å²) in [5, 5.41) is -0.104. The van der Waals surface area contributed by atoms with Crippen LogP contribution in [-0.2, 0) is 36.4 Å². The standard InChI is InChI=1S/C31H35ClFN3O6S.ClH/c1-20(2)28(29(37)35(3)4)41-30(38)27(34)16-21-9-8-12-24(15-21)43(39,40)36-18-31(19-36,22-10-6-5-7-11-22)42-23-13-14-26(33)25(32)17-23;/h5-15,17,20,27-28H,16,18-19,34H2,1-4H3;1H/t27-,28?;/m0./s1. The zero-order valence-electron chi connectivity index (χ0n) is 24.8. The van der Waals surface area contributed by atoms with Gasteiger partial charge in [0.1, 0.15) is 17.6 Å². The SMILES string of the molecule is CC(C)C(OC(=O)[C@@H](N)Cc1cccc(S(=O)(=O)N2CC(Oc3ccc(F)c(Cl)c3)(c3ccccc3)C2)c1)C(=O)N(C)C.Cl. The van der Waals surface area contributed by atoms with Crippen molar-refractivity contribution in [3.63, 3.8) is 0 Å². The molecular formula is C31H36Cl2FN3O6S. The van der Waals surface area contributed by atoms with Crippen LogP contribution in [0.3, 0.4) is 0 Å². The summed E-state index contributed by atoms with van der Waals surface area (Å²) < 4.78 is 54.0. The van der Waals surface area contributed by atoms with E-state index in [0.717, 1.165) is 5.56 Å². The molecule has 4 rings (SSSR count). The topological polar surface area (TPSA) is 119 Å². The van der Waals surface area contributed by atoms with Crippen molar-refractivity contribution in [2.24, 2.45) is 11.7 Å². The van der Waals surface area contributed by atoms with Gasteiger partial charge in [-0.1, -0.05) is 67.9 Å². The minimum Gasteiger partial charge on any atom is -0.480 e. The maximum atomic E-state index is 13.7. The number of amides is 1. The first-order valence-electron chi connectivity index (χ1n) is 13.7. The van der Waals surface area contributed by atoms with E-state index in [1.807, 2.05) is 30.3 Å². The molecule has 2 atom stereocenters. The fourth-order valence-electron chi connectivity index (χ4n) is 4.77. The van der Waals surface area contributed by atoms with Gasteiger partial charge in [0, 0.05) is 20.2 Å². The van der Waals surface area contributed by atoms with E-state index in [2.05, 4.69) is 0 Å². The number of ether oxygens (including phenoxy) is 2. The molecular weight excluding hydrogens is 632 g/mol. The quantitative estimate of drug-likeness (QED) is 0.301. The second-order valence-corrected chi connectivity index (χ2v) is 13.4. The highest BCUT2D eigenvalue weighted by molar-refractivity contribution is 7.89. The number of nitrogens with two attached hydrogens (primary N) is 1. The number of sulfonamides is 1. The van der Waals surface area contributed by atoms with Crippen LogP contribution in [0.5, 0.6) is 5.75 Å². The Labute approximate surface area is 268 Å². The molecule has 0 aliphatic carbocycles. The number of carbonyl (C=O) groups excluding carboxylic acids is 2. The second kappa shape index (κ2) is 14.3. The van der Waals surface area contributed by atoms with Gasteiger partial charge in [0.15, 0.2) is 11.7 Å². The van der Waals surface area contributed by atoms with Crippen LogP contribution in [0.4, 0.5) is 4.39 Å². The molecule has 0 aromatic heterocycles. The first-order chi connectivity index (χ1) is 20.2. The predicted octanol–water partition coefficient (Wildman–Crippen LogP) is 4.41. The van der Waals surface area contributed by atoms with Crippen molar-refractivity contribution >= 4 is 45.9 Å². The molecule has 0 saturated carbocycles. The first-order valence-corrected chi connectivity index (χ1v) is 15.5. The lowest BCUT2D eigenvalue weighted by atomic mass is 9.87. The van der Waals surface area contributed by atoms with Gasteiger partial charge in [0.25, 0.3) is 5.91 Å². The molecule has 1 unspecified atom stereocenters. The zero-order chi connectivity index (χ0) is 31.5. The maximum absolute atomic E-state index is 13.7.